The van der Waals surface area contributed by atoms with Gasteiger partial charge in [0.25, 0.3) is 5.91 Å². The van der Waals surface area contributed by atoms with Crippen LogP contribution in [-0.4, -0.2) is 45.4 Å². The van der Waals surface area contributed by atoms with Gasteiger partial charge in [-0.15, -0.1) is 5.10 Å². The number of amides is 2. The van der Waals surface area contributed by atoms with Crippen molar-refractivity contribution < 1.29 is 23.5 Å². The van der Waals surface area contributed by atoms with Crippen molar-refractivity contribution in [1.29, 1.82) is 0 Å². The summed E-state index contributed by atoms with van der Waals surface area (Å²) in [4.78, 5) is 41.2. The maximum Gasteiger partial charge on any atom is 0.337 e. The minimum absolute atomic E-state index is 0.181. The zero-order chi connectivity index (χ0) is 27.4. The largest absolute Gasteiger partial charge is 0.465 e. The molecule has 1 N–H and O–H groups in total. The molecule has 10 nitrogen and oxygen atoms in total. The van der Waals surface area contributed by atoms with Crippen LogP contribution >= 0.6 is 0 Å². The zero-order valence-electron chi connectivity index (χ0n) is 22.1. The van der Waals surface area contributed by atoms with Gasteiger partial charge in [0.05, 0.1) is 18.2 Å². The molecular formula is C28H31N5O5. The Hall–Kier alpha value is -4.47. The first kappa shape index (κ1) is 26.6. The SMILES string of the molecule is CCC(C)(C)NC(=O)C(c1ccc(C)o1)N(C(=O)Cn1nnc2ccccc21)c1ccc(C(=O)OC)cc1. The summed E-state index contributed by atoms with van der Waals surface area (Å²) in [6.45, 7) is 7.38. The number of hydrogen-bond donors (Lipinski definition) is 1. The molecule has 0 aliphatic heterocycles. The number of methoxy groups -OCH3 is 1. The van der Waals surface area contributed by atoms with Crippen LogP contribution in [0.4, 0.5) is 5.69 Å². The Morgan fingerprint density at radius 3 is 2.42 bits per heavy atom. The fourth-order valence-electron chi connectivity index (χ4n) is 4.02. The molecule has 4 rings (SSSR count). The van der Waals surface area contributed by atoms with E-state index in [9.17, 15) is 14.4 Å². The molecule has 0 fully saturated rings. The number of hydrogen-bond acceptors (Lipinski definition) is 7. The lowest BCUT2D eigenvalue weighted by molar-refractivity contribution is -0.128. The number of aromatic nitrogens is 3. The average Bonchev–Trinajstić information content (AvgIpc) is 3.52. The zero-order valence-corrected chi connectivity index (χ0v) is 22.1. The van der Waals surface area contributed by atoms with Gasteiger partial charge in [-0.1, -0.05) is 24.3 Å². The van der Waals surface area contributed by atoms with Crippen LogP contribution in [-0.2, 0) is 20.9 Å². The number of carbonyl (C=O) groups excluding carboxylic acids is 3. The molecule has 38 heavy (non-hydrogen) atoms. The molecule has 1 atom stereocenters. The second-order valence-electron chi connectivity index (χ2n) is 9.62. The number of esters is 1. The Balaban J connectivity index is 1.81. The Kier molecular flexibility index (Phi) is 7.61. The van der Waals surface area contributed by atoms with Crippen molar-refractivity contribution in [2.75, 3.05) is 12.0 Å². The molecule has 0 aliphatic carbocycles. The molecule has 0 saturated heterocycles. The Bertz CT molecular complexity index is 1450. The highest BCUT2D eigenvalue weighted by atomic mass is 16.5. The number of nitrogens with one attached hydrogen (secondary N) is 1. The Morgan fingerprint density at radius 1 is 1.08 bits per heavy atom. The van der Waals surface area contributed by atoms with Crippen molar-refractivity contribution in [2.24, 2.45) is 0 Å². The number of fused-ring (bicyclic) bond motifs is 1. The maximum atomic E-state index is 14.0. The third-order valence-electron chi connectivity index (χ3n) is 6.42. The van der Waals surface area contributed by atoms with Crippen LogP contribution in [0.15, 0.2) is 65.1 Å². The van der Waals surface area contributed by atoms with E-state index in [4.69, 9.17) is 9.15 Å². The van der Waals surface area contributed by atoms with Gasteiger partial charge in [0.2, 0.25) is 5.91 Å². The molecule has 10 heteroatoms. The van der Waals surface area contributed by atoms with E-state index >= 15 is 0 Å². The maximum absolute atomic E-state index is 14.0. The van der Waals surface area contributed by atoms with Crippen molar-refractivity contribution >= 4 is 34.5 Å². The summed E-state index contributed by atoms with van der Waals surface area (Å²) >= 11 is 0. The molecule has 4 aromatic rings. The minimum atomic E-state index is -1.12. The summed E-state index contributed by atoms with van der Waals surface area (Å²) in [5, 5.41) is 11.3. The van der Waals surface area contributed by atoms with E-state index in [0.29, 0.717) is 40.2 Å². The normalized spacial score (nSPS) is 12.2. The summed E-state index contributed by atoms with van der Waals surface area (Å²) in [6, 6.07) is 15.9. The number of benzene rings is 2. The monoisotopic (exact) mass is 517 g/mol. The number of anilines is 1. The number of para-hydroxylation sites is 1. The number of furan rings is 1. The van der Waals surface area contributed by atoms with Crippen LogP contribution in [0.25, 0.3) is 11.0 Å². The third kappa shape index (κ3) is 5.59. The van der Waals surface area contributed by atoms with E-state index in [2.05, 4.69) is 15.6 Å². The van der Waals surface area contributed by atoms with Gasteiger partial charge < -0.3 is 14.5 Å². The molecule has 198 valence electrons. The van der Waals surface area contributed by atoms with Crippen LogP contribution in [0.2, 0.25) is 0 Å². The lowest BCUT2D eigenvalue weighted by Crippen LogP contribution is -2.51. The van der Waals surface area contributed by atoms with Crippen molar-refractivity contribution in [1.82, 2.24) is 20.3 Å². The minimum Gasteiger partial charge on any atom is -0.465 e. The third-order valence-corrected chi connectivity index (χ3v) is 6.42. The van der Waals surface area contributed by atoms with E-state index in [1.807, 2.05) is 39.0 Å². The molecule has 0 aliphatic rings. The van der Waals surface area contributed by atoms with E-state index in [-0.39, 0.29) is 6.54 Å². The van der Waals surface area contributed by atoms with Crippen LogP contribution in [0, 0.1) is 6.92 Å². The first-order chi connectivity index (χ1) is 18.1. The molecule has 2 amide bonds. The summed E-state index contributed by atoms with van der Waals surface area (Å²) in [7, 11) is 1.30. The van der Waals surface area contributed by atoms with Gasteiger partial charge in [-0.3, -0.25) is 14.5 Å². The van der Waals surface area contributed by atoms with Crippen LogP contribution < -0.4 is 10.2 Å². The molecule has 0 bridgehead atoms. The highest BCUT2D eigenvalue weighted by Gasteiger charge is 2.37. The van der Waals surface area contributed by atoms with Gasteiger partial charge >= 0.3 is 5.97 Å². The van der Waals surface area contributed by atoms with Crippen molar-refractivity contribution in [3.63, 3.8) is 0 Å². The molecule has 2 aromatic carbocycles. The number of nitrogens with zero attached hydrogens (tertiary/aromatic N) is 4. The standard InChI is InChI=1S/C28H31N5O5/c1-6-28(3,4)29-26(35)25(23-16-11-18(2)38-23)33(20-14-12-19(13-15-20)27(36)37-5)24(34)17-32-22-10-8-7-9-21(22)30-31-32/h7-16,25H,6,17H2,1-5H3,(H,29,35). The summed E-state index contributed by atoms with van der Waals surface area (Å²) < 4.78 is 12.2. The highest BCUT2D eigenvalue weighted by molar-refractivity contribution is 6.02. The summed E-state index contributed by atoms with van der Waals surface area (Å²) in [5.41, 5.74) is 1.52. The molecule has 0 radical (unpaired) electrons. The van der Waals surface area contributed by atoms with Crippen molar-refractivity contribution in [2.45, 2.75) is 52.2 Å². The molecule has 1 unspecified atom stereocenters. The summed E-state index contributed by atoms with van der Waals surface area (Å²) in [6.07, 6.45) is 0.676. The van der Waals surface area contributed by atoms with E-state index in [1.54, 1.807) is 49.4 Å². The van der Waals surface area contributed by atoms with E-state index in [0.717, 1.165) is 0 Å². The van der Waals surface area contributed by atoms with E-state index < -0.39 is 29.4 Å². The summed E-state index contributed by atoms with van der Waals surface area (Å²) in [5.74, 6) is -0.428. The molecule has 0 saturated carbocycles. The predicted molar refractivity (Wildman–Crippen MR) is 141 cm³/mol. The van der Waals surface area contributed by atoms with Gasteiger partial charge in [0.1, 0.15) is 23.6 Å². The smallest absolute Gasteiger partial charge is 0.337 e. The molecule has 2 heterocycles. The van der Waals surface area contributed by atoms with Crippen LogP contribution in [0.5, 0.6) is 0 Å². The Labute approximate surface area is 220 Å². The number of ether oxygens (including phenoxy) is 1. The highest BCUT2D eigenvalue weighted by Crippen LogP contribution is 2.31. The van der Waals surface area contributed by atoms with Crippen LogP contribution in [0.3, 0.4) is 0 Å². The Morgan fingerprint density at radius 2 is 1.79 bits per heavy atom. The van der Waals surface area contributed by atoms with Gasteiger partial charge in [-0.2, -0.15) is 0 Å². The first-order valence-electron chi connectivity index (χ1n) is 12.3. The first-order valence-corrected chi connectivity index (χ1v) is 12.3. The van der Waals surface area contributed by atoms with Crippen molar-refractivity contribution in [3.05, 3.63) is 77.7 Å². The molecule has 0 spiro atoms. The van der Waals surface area contributed by atoms with E-state index in [1.165, 1.54) is 16.7 Å². The quantitative estimate of drug-likeness (QED) is 0.331. The fraction of sp³-hybridized carbons (Fsp3) is 0.321. The van der Waals surface area contributed by atoms with Crippen molar-refractivity contribution in [3.8, 4) is 0 Å². The number of aryl methyl sites for hydroxylation is 1. The second kappa shape index (κ2) is 10.9. The lowest BCUT2D eigenvalue weighted by Gasteiger charge is -2.33. The molecule has 2 aromatic heterocycles. The van der Waals surface area contributed by atoms with Gasteiger partial charge in [-0.25, -0.2) is 9.48 Å². The fourth-order valence-corrected chi connectivity index (χ4v) is 4.02. The number of rotatable bonds is 9. The van der Waals surface area contributed by atoms with Gasteiger partial charge in [0, 0.05) is 11.2 Å². The molecular weight excluding hydrogens is 486 g/mol. The van der Waals surface area contributed by atoms with Crippen LogP contribution in [0.1, 0.15) is 55.1 Å². The second-order valence-corrected chi connectivity index (χ2v) is 9.62. The average molecular weight is 518 g/mol. The van der Waals surface area contributed by atoms with Gasteiger partial charge in [0.15, 0.2) is 6.04 Å². The lowest BCUT2D eigenvalue weighted by atomic mass is 10.0. The number of carbonyl (C=O) groups is 3. The van der Waals surface area contributed by atoms with Gasteiger partial charge in [-0.05, 0) is 75.7 Å². The predicted octanol–water partition coefficient (Wildman–Crippen LogP) is 4.20. The topological polar surface area (TPSA) is 120 Å².